The van der Waals surface area contributed by atoms with Crippen LogP contribution in [0.3, 0.4) is 0 Å². The summed E-state index contributed by atoms with van der Waals surface area (Å²) >= 11 is -0.260. The van der Waals surface area contributed by atoms with Gasteiger partial charge in [0.2, 0.25) is 0 Å². The molecular formula is C17H9F3OS. The lowest BCUT2D eigenvalue weighted by Crippen LogP contribution is -1.97. The van der Waals surface area contributed by atoms with Gasteiger partial charge >= 0.3 is 5.51 Å². The van der Waals surface area contributed by atoms with Crippen LogP contribution in [0.15, 0.2) is 64.1 Å². The second kappa shape index (κ2) is 5.82. The Balaban J connectivity index is 1.89. The third-order valence-electron chi connectivity index (χ3n) is 2.83. The molecule has 2 aromatic carbocycles. The number of benzene rings is 2. The van der Waals surface area contributed by atoms with Crippen molar-refractivity contribution in [2.45, 2.75) is 10.6 Å². The Morgan fingerprint density at radius 2 is 1.59 bits per heavy atom. The molecule has 22 heavy (non-hydrogen) atoms. The van der Waals surface area contributed by atoms with E-state index in [0.29, 0.717) is 11.0 Å². The van der Waals surface area contributed by atoms with Crippen LogP contribution in [0.1, 0.15) is 11.1 Å². The largest absolute Gasteiger partial charge is 0.450 e. The summed E-state index contributed by atoms with van der Waals surface area (Å²) in [6.07, 6.45) is 0. The molecule has 0 aliphatic heterocycles. The lowest BCUT2D eigenvalue weighted by Gasteiger charge is -2.00. The molecule has 0 aliphatic rings. The van der Waals surface area contributed by atoms with Gasteiger partial charge in [-0.2, -0.15) is 13.2 Å². The van der Waals surface area contributed by atoms with Crippen LogP contribution >= 0.6 is 11.8 Å². The van der Waals surface area contributed by atoms with Gasteiger partial charge in [0, 0.05) is 28.3 Å². The quantitative estimate of drug-likeness (QED) is 0.437. The monoisotopic (exact) mass is 318 g/mol. The van der Waals surface area contributed by atoms with Crippen molar-refractivity contribution >= 4 is 22.7 Å². The van der Waals surface area contributed by atoms with Crippen molar-refractivity contribution in [2.75, 3.05) is 0 Å². The van der Waals surface area contributed by atoms with Crippen molar-refractivity contribution in [3.63, 3.8) is 0 Å². The van der Waals surface area contributed by atoms with Gasteiger partial charge in [-0.15, -0.1) is 0 Å². The Morgan fingerprint density at radius 1 is 0.864 bits per heavy atom. The zero-order valence-electron chi connectivity index (χ0n) is 11.1. The number of hydrogen-bond donors (Lipinski definition) is 0. The summed E-state index contributed by atoms with van der Waals surface area (Å²) in [4.78, 5) is 0. The molecule has 0 amide bonds. The summed E-state index contributed by atoms with van der Waals surface area (Å²) in [5.41, 5.74) is -2.34. The zero-order valence-corrected chi connectivity index (χ0v) is 12.0. The van der Waals surface area contributed by atoms with Gasteiger partial charge in [-0.1, -0.05) is 30.0 Å². The first-order chi connectivity index (χ1) is 10.5. The molecule has 0 N–H and O–H groups in total. The molecule has 0 atom stereocenters. The summed E-state index contributed by atoms with van der Waals surface area (Å²) in [5, 5.41) is 0.433. The summed E-state index contributed by atoms with van der Waals surface area (Å²) in [6, 6.07) is 15.9. The Kier molecular flexibility index (Phi) is 3.86. The Morgan fingerprint density at radius 3 is 2.32 bits per heavy atom. The van der Waals surface area contributed by atoms with E-state index < -0.39 is 5.51 Å². The van der Waals surface area contributed by atoms with Gasteiger partial charge in [-0.25, -0.2) is 0 Å². The highest BCUT2D eigenvalue weighted by Crippen LogP contribution is 2.39. The maximum absolute atomic E-state index is 12.3. The van der Waals surface area contributed by atoms with E-state index in [0.717, 1.165) is 11.1 Å². The van der Waals surface area contributed by atoms with Crippen LogP contribution < -0.4 is 0 Å². The molecule has 1 aromatic heterocycles. The van der Waals surface area contributed by atoms with Gasteiger partial charge in [0.05, 0.1) is 0 Å². The Labute approximate surface area is 129 Å². The number of rotatable bonds is 1. The van der Waals surface area contributed by atoms with Crippen LogP contribution in [-0.2, 0) is 0 Å². The number of alkyl halides is 3. The zero-order chi connectivity index (χ0) is 15.6. The van der Waals surface area contributed by atoms with E-state index in [4.69, 9.17) is 4.42 Å². The van der Waals surface area contributed by atoms with E-state index in [1.807, 2.05) is 30.3 Å². The van der Waals surface area contributed by atoms with Gasteiger partial charge in [0.1, 0.15) is 5.58 Å². The molecule has 0 saturated heterocycles. The first-order valence-electron chi connectivity index (χ1n) is 6.36. The van der Waals surface area contributed by atoms with Crippen molar-refractivity contribution in [3.05, 3.63) is 65.7 Å². The number of halogens is 3. The SMILES string of the molecule is FC(F)(F)Sc1cc2cc(C#Cc3ccccc3)ccc2o1. The van der Waals surface area contributed by atoms with Crippen molar-refractivity contribution in [3.8, 4) is 11.8 Å². The van der Waals surface area contributed by atoms with Crippen LogP contribution in [-0.4, -0.2) is 5.51 Å². The minimum absolute atomic E-state index is 0.171. The molecular weight excluding hydrogens is 309 g/mol. The lowest BCUT2D eigenvalue weighted by atomic mass is 10.1. The average Bonchev–Trinajstić information content (AvgIpc) is 2.85. The van der Waals surface area contributed by atoms with Crippen molar-refractivity contribution in [1.82, 2.24) is 0 Å². The van der Waals surface area contributed by atoms with Crippen molar-refractivity contribution in [1.29, 1.82) is 0 Å². The number of hydrogen-bond acceptors (Lipinski definition) is 2. The molecule has 0 radical (unpaired) electrons. The molecule has 0 bridgehead atoms. The van der Waals surface area contributed by atoms with Gasteiger partial charge in [-0.3, -0.25) is 0 Å². The average molecular weight is 318 g/mol. The third-order valence-corrected chi connectivity index (χ3v) is 3.47. The number of fused-ring (bicyclic) bond motifs is 1. The van der Waals surface area contributed by atoms with Crippen LogP contribution in [0.2, 0.25) is 0 Å². The van der Waals surface area contributed by atoms with Crippen LogP contribution in [0.25, 0.3) is 11.0 Å². The minimum atomic E-state index is -4.36. The molecule has 5 heteroatoms. The van der Waals surface area contributed by atoms with E-state index in [1.165, 1.54) is 6.07 Å². The molecule has 0 aliphatic carbocycles. The predicted molar refractivity (Wildman–Crippen MR) is 80.5 cm³/mol. The van der Waals surface area contributed by atoms with Gasteiger partial charge in [0.15, 0.2) is 5.09 Å². The highest BCUT2D eigenvalue weighted by atomic mass is 32.2. The summed E-state index contributed by atoms with van der Waals surface area (Å²) in [5.74, 6) is 5.99. The molecule has 0 spiro atoms. The standard InChI is InChI=1S/C17H9F3OS/c18-17(19,20)22-16-11-14-10-13(8-9-15(14)21-16)7-6-12-4-2-1-3-5-12/h1-5,8-11H. The highest BCUT2D eigenvalue weighted by Gasteiger charge is 2.31. The lowest BCUT2D eigenvalue weighted by molar-refractivity contribution is -0.0334. The molecule has 1 nitrogen and oxygen atoms in total. The van der Waals surface area contributed by atoms with E-state index in [9.17, 15) is 13.2 Å². The van der Waals surface area contributed by atoms with Gasteiger partial charge in [0.25, 0.3) is 0 Å². The van der Waals surface area contributed by atoms with E-state index in [1.54, 1.807) is 18.2 Å². The van der Waals surface area contributed by atoms with E-state index in [-0.39, 0.29) is 16.9 Å². The molecule has 0 fully saturated rings. The van der Waals surface area contributed by atoms with Crippen LogP contribution in [0, 0.1) is 11.8 Å². The fraction of sp³-hybridized carbons (Fsp3) is 0.0588. The number of thioether (sulfide) groups is 1. The molecule has 3 aromatic rings. The van der Waals surface area contributed by atoms with Crippen LogP contribution in [0.5, 0.6) is 0 Å². The molecule has 3 rings (SSSR count). The molecule has 110 valence electrons. The van der Waals surface area contributed by atoms with E-state index >= 15 is 0 Å². The molecule has 0 unspecified atom stereocenters. The molecule has 0 saturated carbocycles. The fourth-order valence-corrected chi connectivity index (χ4v) is 2.47. The Bertz CT molecular complexity index is 854. The first-order valence-corrected chi connectivity index (χ1v) is 7.18. The summed E-state index contributed by atoms with van der Waals surface area (Å²) in [6.45, 7) is 0. The van der Waals surface area contributed by atoms with Crippen molar-refractivity contribution < 1.29 is 17.6 Å². The predicted octanol–water partition coefficient (Wildman–Crippen LogP) is 5.44. The maximum Gasteiger partial charge on any atom is 0.449 e. The van der Waals surface area contributed by atoms with E-state index in [2.05, 4.69) is 11.8 Å². The van der Waals surface area contributed by atoms with Gasteiger partial charge in [-0.05, 0) is 36.4 Å². The summed E-state index contributed by atoms with van der Waals surface area (Å²) < 4.78 is 42.2. The normalized spacial score (nSPS) is 11.2. The maximum atomic E-state index is 12.3. The second-order valence-electron chi connectivity index (χ2n) is 4.48. The smallest absolute Gasteiger partial charge is 0.449 e. The second-order valence-corrected chi connectivity index (χ2v) is 5.55. The molecule has 1 heterocycles. The number of furan rings is 1. The third kappa shape index (κ3) is 3.66. The van der Waals surface area contributed by atoms with Crippen molar-refractivity contribution in [2.24, 2.45) is 0 Å². The topological polar surface area (TPSA) is 13.1 Å². The highest BCUT2D eigenvalue weighted by molar-refractivity contribution is 8.00. The van der Waals surface area contributed by atoms with Gasteiger partial charge < -0.3 is 4.42 Å². The fourth-order valence-electron chi connectivity index (χ4n) is 1.93. The summed E-state index contributed by atoms with van der Waals surface area (Å²) in [7, 11) is 0. The van der Waals surface area contributed by atoms with Crippen LogP contribution in [0.4, 0.5) is 13.2 Å². The first kappa shape index (κ1) is 14.6. The Hall–Kier alpha value is -2.32. The minimum Gasteiger partial charge on any atom is -0.450 e.